The maximum absolute atomic E-state index is 5.52. The minimum atomic E-state index is -0.0498. The third kappa shape index (κ3) is 2.15. The SMILES string of the molecule is NC1/C=C/C=C\C=C/N1. The fraction of sp³-hybridized carbons (Fsp3) is 0.143. The molecule has 0 radical (unpaired) electrons. The van der Waals surface area contributed by atoms with Gasteiger partial charge in [0.2, 0.25) is 0 Å². The Kier molecular flexibility index (Phi) is 2.10. The van der Waals surface area contributed by atoms with E-state index in [0.29, 0.717) is 0 Å². The van der Waals surface area contributed by atoms with Gasteiger partial charge in [0.15, 0.2) is 0 Å². The molecule has 0 saturated heterocycles. The normalized spacial score (nSPS) is 35.4. The lowest BCUT2D eigenvalue weighted by Gasteiger charge is -2.05. The number of hydrogen-bond acceptors (Lipinski definition) is 2. The molecule has 0 bridgehead atoms. The van der Waals surface area contributed by atoms with E-state index < -0.39 is 0 Å². The van der Waals surface area contributed by atoms with E-state index in [4.69, 9.17) is 5.73 Å². The van der Waals surface area contributed by atoms with Gasteiger partial charge in [-0.25, -0.2) is 0 Å². The molecule has 0 aromatic heterocycles. The Morgan fingerprint density at radius 3 is 2.78 bits per heavy atom. The molecule has 2 heteroatoms. The lowest BCUT2D eigenvalue weighted by Crippen LogP contribution is -2.31. The van der Waals surface area contributed by atoms with Gasteiger partial charge in [0.05, 0.1) is 6.17 Å². The molecule has 0 amide bonds. The van der Waals surface area contributed by atoms with Crippen molar-refractivity contribution in [2.45, 2.75) is 6.17 Å². The van der Waals surface area contributed by atoms with E-state index in [9.17, 15) is 0 Å². The summed E-state index contributed by atoms with van der Waals surface area (Å²) in [5.41, 5.74) is 5.52. The second-order valence-corrected chi connectivity index (χ2v) is 1.82. The highest BCUT2D eigenvalue weighted by atomic mass is 15.0. The molecular formula is C7H10N2. The Morgan fingerprint density at radius 1 is 1.11 bits per heavy atom. The molecule has 1 aliphatic heterocycles. The highest BCUT2D eigenvalue weighted by molar-refractivity contribution is 5.14. The molecule has 0 aliphatic carbocycles. The van der Waals surface area contributed by atoms with E-state index in [2.05, 4.69) is 5.32 Å². The molecule has 1 rings (SSSR count). The van der Waals surface area contributed by atoms with Crippen LogP contribution in [0.1, 0.15) is 0 Å². The zero-order valence-corrected chi connectivity index (χ0v) is 5.12. The molecule has 1 unspecified atom stereocenters. The van der Waals surface area contributed by atoms with Crippen molar-refractivity contribution in [3.63, 3.8) is 0 Å². The fourth-order valence-electron chi connectivity index (χ4n) is 0.590. The van der Waals surface area contributed by atoms with E-state index in [1.807, 2.05) is 36.6 Å². The first-order chi connectivity index (χ1) is 4.39. The Hall–Kier alpha value is -1.02. The molecule has 0 spiro atoms. The van der Waals surface area contributed by atoms with Crippen LogP contribution in [0.25, 0.3) is 0 Å². The molecule has 1 atom stereocenters. The lowest BCUT2D eigenvalue weighted by atomic mass is 10.3. The fourth-order valence-corrected chi connectivity index (χ4v) is 0.590. The second kappa shape index (κ2) is 3.10. The number of hydrogen-bond donors (Lipinski definition) is 2. The lowest BCUT2D eigenvalue weighted by molar-refractivity contribution is 0.734. The summed E-state index contributed by atoms with van der Waals surface area (Å²) >= 11 is 0. The largest absolute Gasteiger partial charge is 0.373 e. The van der Waals surface area contributed by atoms with Gasteiger partial charge in [0, 0.05) is 0 Å². The van der Waals surface area contributed by atoms with Crippen molar-refractivity contribution in [1.82, 2.24) is 5.32 Å². The summed E-state index contributed by atoms with van der Waals surface area (Å²) in [4.78, 5) is 0. The summed E-state index contributed by atoms with van der Waals surface area (Å²) in [6, 6.07) is 0. The number of nitrogens with two attached hydrogens (primary N) is 1. The van der Waals surface area contributed by atoms with E-state index in [1.54, 1.807) is 0 Å². The smallest absolute Gasteiger partial charge is 0.0934 e. The average Bonchev–Trinajstić information content (AvgIpc) is 1.79. The summed E-state index contributed by atoms with van der Waals surface area (Å²) in [6.07, 6.45) is 11.4. The molecule has 9 heavy (non-hydrogen) atoms. The molecule has 1 heterocycles. The predicted octanol–water partition coefficient (Wildman–Crippen LogP) is 0.500. The van der Waals surface area contributed by atoms with Crippen LogP contribution in [-0.2, 0) is 0 Å². The van der Waals surface area contributed by atoms with Crippen molar-refractivity contribution < 1.29 is 0 Å². The van der Waals surface area contributed by atoms with Crippen LogP contribution in [0, 0.1) is 0 Å². The van der Waals surface area contributed by atoms with E-state index in [-0.39, 0.29) is 6.17 Å². The summed E-state index contributed by atoms with van der Waals surface area (Å²) in [6.45, 7) is 0. The quantitative estimate of drug-likeness (QED) is 0.491. The van der Waals surface area contributed by atoms with Crippen molar-refractivity contribution in [3.8, 4) is 0 Å². The van der Waals surface area contributed by atoms with Gasteiger partial charge in [0.1, 0.15) is 0 Å². The molecule has 0 saturated carbocycles. The van der Waals surface area contributed by atoms with Gasteiger partial charge in [-0.1, -0.05) is 18.2 Å². The maximum atomic E-state index is 5.52. The van der Waals surface area contributed by atoms with Crippen molar-refractivity contribution in [1.29, 1.82) is 0 Å². The Balaban J connectivity index is 2.59. The highest BCUT2D eigenvalue weighted by Crippen LogP contribution is 1.85. The minimum Gasteiger partial charge on any atom is -0.373 e. The van der Waals surface area contributed by atoms with Crippen molar-refractivity contribution >= 4 is 0 Å². The first-order valence-electron chi connectivity index (χ1n) is 2.91. The van der Waals surface area contributed by atoms with Gasteiger partial charge in [-0.15, -0.1) is 0 Å². The third-order valence-corrected chi connectivity index (χ3v) is 1.04. The maximum Gasteiger partial charge on any atom is 0.0934 e. The van der Waals surface area contributed by atoms with Crippen LogP contribution in [0.2, 0.25) is 0 Å². The molecule has 0 fully saturated rings. The van der Waals surface area contributed by atoms with Gasteiger partial charge in [-0.3, -0.25) is 0 Å². The van der Waals surface area contributed by atoms with Gasteiger partial charge >= 0.3 is 0 Å². The average molecular weight is 122 g/mol. The van der Waals surface area contributed by atoms with Crippen LogP contribution in [0.3, 0.4) is 0 Å². The van der Waals surface area contributed by atoms with E-state index in [0.717, 1.165) is 0 Å². The van der Waals surface area contributed by atoms with Gasteiger partial charge in [-0.05, 0) is 18.4 Å². The zero-order valence-electron chi connectivity index (χ0n) is 5.12. The Labute approximate surface area is 54.7 Å². The van der Waals surface area contributed by atoms with E-state index >= 15 is 0 Å². The van der Waals surface area contributed by atoms with Gasteiger partial charge in [0.25, 0.3) is 0 Å². The summed E-state index contributed by atoms with van der Waals surface area (Å²) < 4.78 is 0. The van der Waals surface area contributed by atoms with Crippen LogP contribution in [0.4, 0.5) is 0 Å². The van der Waals surface area contributed by atoms with Gasteiger partial charge in [-0.2, -0.15) is 0 Å². The molecule has 48 valence electrons. The zero-order chi connectivity index (χ0) is 6.53. The van der Waals surface area contributed by atoms with Crippen LogP contribution in [-0.4, -0.2) is 6.17 Å². The highest BCUT2D eigenvalue weighted by Gasteiger charge is 1.88. The third-order valence-electron chi connectivity index (χ3n) is 1.04. The molecule has 0 aromatic carbocycles. The monoisotopic (exact) mass is 122 g/mol. The first kappa shape index (κ1) is 6.11. The van der Waals surface area contributed by atoms with Crippen LogP contribution in [0.15, 0.2) is 36.6 Å². The van der Waals surface area contributed by atoms with Crippen molar-refractivity contribution in [3.05, 3.63) is 36.6 Å². The van der Waals surface area contributed by atoms with E-state index in [1.165, 1.54) is 0 Å². The summed E-state index contributed by atoms with van der Waals surface area (Å²) in [5, 5.41) is 2.94. The van der Waals surface area contributed by atoms with Crippen LogP contribution < -0.4 is 11.1 Å². The summed E-state index contributed by atoms with van der Waals surface area (Å²) in [5.74, 6) is 0. The number of rotatable bonds is 0. The molecule has 3 N–H and O–H groups in total. The number of allylic oxidation sites excluding steroid dienone is 4. The Morgan fingerprint density at radius 2 is 1.89 bits per heavy atom. The van der Waals surface area contributed by atoms with Gasteiger partial charge < -0.3 is 11.1 Å². The predicted molar refractivity (Wildman–Crippen MR) is 38.5 cm³/mol. The molecule has 1 aliphatic rings. The topological polar surface area (TPSA) is 38.0 Å². The molecule has 2 nitrogen and oxygen atoms in total. The second-order valence-electron chi connectivity index (χ2n) is 1.82. The summed E-state index contributed by atoms with van der Waals surface area (Å²) in [7, 11) is 0. The van der Waals surface area contributed by atoms with Crippen LogP contribution >= 0.6 is 0 Å². The first-order valence-corrected chi connectivity index (χ1v) is 2.91. The van der Waals surface area contributed by atoms with Crippen molar-refractivity contribution in [2.24, 2.45) is 5.73 Å². The minimum absolute atomic E-state index is 0.0498. The standard InChI is InChI=1S/C7H10N2/c8-7-5-3-1-2-4-6-9-7/h1-7,9H,8H2/b2-1-,5-3+,6-4-. The van der Waals surface area contributed by atoms with Crippen LogP contribution in [0.5, 0.6) is 0 Å². The van der Waals surface area contributed by atoms with Crippen molar-refractivity contribution in [2.75, 3.05) is 0 Å². The number of nitrogens with one attached hydrogen (secondary N) is 1. The molecular weight excluding hydrogens is 112 g/mol. The molecule has 0 aromatic rings. The Bertz CT molecular complexity index is 156.